The molecule has 200 valence electrons. The van der Waals surface area contributed by atoms with Crippen LogP contribution in [0.2, 0.25) is 0 Å². The number of rotatable bonds is 7. The van der Waals surface area contributed by atoms with Gasteiger partial charge in [0.1, 0.15) is 22.9 Å². The van der Waals surface area contributed by atoms with Gasteiger partial charge in [-0.05, 0) is 37.1 Å². The quantitative estimate of drug-likeness (QED) is 0.341. The molecule has 2 aromatic carbocycles. The van der Waals surface area contributed by atoms with E-state index in [0.29, 0.717) is 35.8 Å². The number of ether oxygens (including phenoxy) is 2. The average molecular weight is 546 g/mol. The number of hydrazine groups is 1. The zero-order valence-electron chi connectivity index (χ0n) is 21.3. The van der Waals surface area contributed by atoms with Crippen molar-refractivity contribution in [2.75, 3.05) is 26.8 Å². The second kappa shape index (κ2) is 11.9. The standard InChI is InChI=1S/C28H27N5O5S/c1-37-24-15-22(29-21-10-6-5-9-20(21)24)28(36)33-13-11-18(12-14-33)27-30-23(17-39-27)26(35)32-31-25(34)16-38-19-7-3-2-4-8-19/h2-10,15,17-18H,11-14,16H2,1H3,(H,31,34)(H,32,35). The van der Waals surface area contributed by atoms with Crippen LogP contribution in [0.15, 0.2) is 66.0 Å². The number of para-hydroxylation sites is 2. The van der Waals surface area contributed by atoms with Crippen molar-refractivity contribution in [1.29, 1.82) is 0 Å². The van der Waals surface area contributed by atoms with Crippen molar-refractivity contribution in [2.24, 2.45) is 0 Å². The maximum Gasteiger partial charge on any atom is 0.289 e. The monoisotopic (exact) mass is 545 g/mol. The molecule has 1 saturated heterocycles. The van der Waals surface area contributed by atoms with Gasteiger partial charge >= 0.3 is 0 Å². The first-order chi connectivity index (χ1) is 19.0. The second-order valence-corrected chi connectivity index (χ2v) is 9.86. The van der Waals surface area contributed by atoms with Crippen LogP contribution < -0.4 is 20.3 Å². The molecule has 2 N–H and O–H groups in total. The third kappa shape index (κ3) is 6.15. The van der Waals surface area contributed by atoms with Gasteiger partial charge in [0.15, 0.2) is 6.61 Å². The van der Waals surface area contributed by atoms with Crippen LogP contribution in [0.4, 0.5) is 0 Å². The molecule has 5 rings (SSSR count). The molecule has 4 aromatic rings. The highest BCUT2D eigenvalue weighted by Gasteiger charge is 2.28. The lowest BCUT2D eigenvalue weighted by Gasteiger charge is -2.31. The van der Waals surface area contributed by atoms with Gasteiger partial charge in [0.25, 0.3) is 17.7 Å². The van der Waals surface area contributed by atoms with Crippen LogP contribution in [-0.4, -0.2) is 59.4 Å². The first-order valence-electron chi connectivity index (χ1n) is 12.5. The lowest BCUT2D eigenvalue weighted by Crippen LogP contribution is -2.44. The molecule has 0 atom stereocenters. The Morgan fingerprint density at radius 2 is 1.72 bits per heavy atom. The van der Waals surface area contributed by atoms with E-state index in [4.69, 9.17) is 9.47 Å². The Bertz CT molecular complexity index is 1480. The Hall–Kier alpha value is -4.51. The van der Waals surface area contributed by atoms with Crippen LogP contribution in [0.1, 0.15) is 44.7 Å². The van der Waals surface area contributed by atoms with Gasteiger partial charge in [-0.1, -0.05) is 30.3 Å². The smallest absolute Gasteiger partial charge is 0.289 e. The molecule has 0 spiro atoms. The lowest BCUT2D eigenvalue weighted by molar-refractivity contribution is -0.123. The van der Waals surface area contributed by atoms with Gasteiger partial charge in [-0.3, -0.25) is 25.2 Å². The number of nitrogens with one attached hydrogen (secondary N) is 2. The Balaban J connectivity index is 1.12. The summed E-state index contributed by atoms with van der Waals surface area (Å²) in [6, 6.07) is 18.2. The SMILES string of the molecule is COc1cc(C(=O)N2CCC(c3nc(C(=O)NNC(=O)COc4ccccc4)cs3)CC2)nc2ccccc12. The minimum Gasteiger partial charge on any atom is -0.496 e. The zero-order valence-corrected chi connectivity index (χ0v) is 22.1. The van der Waals surface area contributed by atoms with E-state index in [1.54, 1.807) is 47.7 Å². The summed E-state index contributed by atoms with van der Waals surface area (Å²) in [7, 11) is 1.58. The van der Waals surface area contributed by atoms with Crippen molar-refractivity contribution in [2.45, 2.75) is 18.8 Å². The highest BCUT2D eigenvalue weighted by molar-refractivity contribution is 7.09. The molecular weight excluding hydrogens is 518 g/mol. The third-order valence-corrected chi connectivity index (χ3v) is 7.44. The lowest BCUT2D eigenvalue weighted by atomic mass is 9.97. The fraction of sp³-hybridized carbons (Fsp3) is 0.250. The summed E-state index contributed by atoms with van der Waals surface area (Å²) in [6.45, 7) is 0.878. The average Bonchev–Trinajstić information content (AvgIpc) is 3.49. The van der Waals surface area contributed by atoms with E-state index in [9.17, 15) is 14.4 Å². The number of methoxy groups -OCH3 is 1. The first kappa shape index (κ1) is 26.1. The Kier molecular flexibility index (Phi) is 7.97. The van der Waals surface area contributed by atoms with Gasteiger partial charge < -0.3 is 14.4 Å². The molecule has 39 heavy (non-hydrogen) atoms. The van der Waals surface area contributed by atoms with Crippen molar-refractivity contribution in [1.82, 2.24) is 25.7 Å². The number of hydrogen-bond acceptors (Lipinski definition) is 8. The van der Waals surface area contributed by atoms with Crippen molar-refractivity contribution in [3.8, 4) is 11.5 Å². The summed E-state index contributed by atoms with van der Waals surface area (Å²) in [5.41, 5.74) is 6.00. The predicted octanol–water partition coefficient (Wildman–Crippen LogP) is 3.56. The van der Waals surface area contributed by atoms with Crippen molar-refractivity contribution in [3.05, 3.63) is 82.4 Å². The van der Waals surface area contributed by atoms with E-state index in [1.165, 1.54) is 11.3 Å². The van der Waals surface area contributed by atoms with Crippen LogP contribution in [0.5, 0.6) is 11.5 Å². The highest BCUT2D eigenvalue weighted by atomic mass is 32.1. The van der Waals surface area contributed by atoms with E-state index in [-0.39, 0.29) is 24.1 Å². The fourth-order valence-corrected chi connectivity index (χ4v) is 5.36. The maximum atomic E-state index is 13.2. The summed E-state index contributed by atoms with van der Waals surface area (Å²) in [5.74, 6) is 0.182. The molecule has 11 heteroatoms. The number of piperidine rings is 1. The summed E-state index contributed by atoms with van der Waals surface area (Å²) in [6.07, 6.45) is 1.44. The Morgan fingerprint density at radius 3 is 2.49 bits per heavy atom. The molecule has 3 amide bonds. The molecule has 0 aliphatic carbocycles. The number of carbonyl (C=O) groups is 3. The number of pyridine rings is 1. The van der Waals surface area contributed by atoms with Crippen LogP contribution in [0.3, 0.4) is 0 Å². The third-order valence-electron chi connectivity index (χ3n) is 6.43. The van der Waals surface area contributed by atoms with Gasteiger partial charge in [0, 0.05) is 35.8 Å². The van der Waals surface area contributed by atoms with Crippen LogP contribution in [-0.2, 0) is 4.79 Å². The first-order valence-corrected chi connectivity index (χ1v) is 13.4. The minimum atomic E-state index is -0.505. The summed E-state index contributed by atoms with van der Waals surface area (Å²) in [4.78, 5) is 48.5. The topological polar surface area (TPSA) is 123 Å². The van der Waals surface area contributed by atoms with Gasteiger partial charge in [-0.2, -0.15) is 0 Å². The largest absolute Gasteiger partial charge is 0.496 e. The number of carbonyl (C=O) groups excluding carboxylic acids is 3. The second-order valence-electron chi connectivity index (χ2n) is 8.97. The number of amides is 3. The molecule has 2 aromatic heterocycles. The molecular formula is C28H27N5O5S. The number of fused-ring (bicyclic) bond motifs is 1. The van der Waals surface area contributed by atoms with E-state index < -0.39 is 11.8 Å². The normalized spacial score (nSPS) is 13.6. The van der Waals surface area contributed by atoms with E-state index in [1.807, 2.05) is 30.3 Å². The summed E-state index contributed by atoms with van der Waals surface area (Å²) < 4.78 is 10.8. The van der Waals surface area contributed by atoms with Gasteiger partial charge in [0.2, 0.25) is 0 Å². The molecule has 0 radical (unpaired) electrons. The maximum absolute atomic E-state index is 13.2. The molecule has 10 nitrogen and oxygen atoms in total. The Labute approximate surface area is 228 Å². The summed E-state index contributed by atoms with van der Waals surface area (Å²) in [5, 5.41) is 3.36. The molecule has 1 aliphatic heterocycles. The van der Waals surface area contributed by atoms with E-state index in [2.05, 4.69) is 20.8 Å². The molecule has 3 heterocycles. The van der Waals surface area contributed by atoms with E-state index in [0.717, 1.165) is 23.2 Å². The van der Waals surface area contributed by atoms with Crippen molar-refractivity contribution in [3.63, 3.8) is 0 Å². The van der Waals surface area contributed by atoms with Gasteiger partial charge in [0.05, 0.1) is 17.6 Å². The van der Waals surface area contributed by atoms with Crippen LogP contribution >= 0.6 is 11.3 Å². The van der Waals surface area contributed by atoms with Crippen LogP contribution in [0.25, 0.3) is 10.9 Å². The minimum absolute atomic E-state index is 0.133. The molecule has 0 bridgehead atoms. The van der Waals surface area contributed by atoms with Crippen molar-refractivity contribution >= 4 is 40.0 Å². The van der Waals surface area contributed by atoms with Crippen LogP contribution in [0, 0.1) is 0 Å². The zero-order chi connectivity index (χ0) is 27.2. The van der Waals surface area contributed by atoms with E-state index >= 15 is 0 Å². The molecule has 0 saturated carbocycles. The predicted molar refractivity (Wildman–Crippen MR) is 146 cm³/mol. The molecule has 1 fully saturated rings. The molecule has 1 aliphatic rings. The number of aromatic nitrogens is 2. The molecule has 0 unspecified atom stereocenters. The van der Waals surface area contributed by atoms with Crippen molar-refractivity contribution < 1.29 is 23.9 Å². The highest BCUT2D eigenvalue weighted by Crippen LogP contribution is 2.31. The Morgan fingerprint density at radius 1 is 0.974 bits per heavy atom. The number of benzene rings is 2. The summed E-state index contributed by atoms with van der Waals surface area (Å²) >= 11 is 1.40. The van der Waals surface area contributed by atoms with Gasteiger partial charge in [-0.15, -0.1) is 11.3 Å². The number of hydrogen-bond donors (Lipinski definition) is 2. The number of thiazole rings is 1. The van der Waals surface area contributed by atoms with Gasteiger partial charge in [-0.25, -0.2) is 9.97 Å². The number of nitrogens with zero attached hydrogens (tertiary/aromatic N) is 3. The number of likely N-dealkylation sites (tertiary alicyclic amines) is 1. The fourth-order valence-electron chi connectivity index (χ4n) is 4.39.